The highest BCUT2D eigenvalue weighted by Crippen LogP contribution is 2.40. The molecule has 1 aliphatic carbocycles. The molecule has 0 aromatic heterocycles. The number of fused-ring (bicyclic) bond motifs is 5. The highest BCUT2D eigenvalue weighted by Gasteiger charge is 2.28. The minimum atomic E-state index is -3.42. The molecule has 6 rings (SSSR count). The Labute approximate surface area is 180 Å². The fraction of sp³-hybridized carbons (Fsp3) is 0.0741. The lowest BCUT2D eigenvalue weighted by molar-refractivity contribution is 0.103. The fourth-order valence-corrected chi connectivity index (χ4v) is 6.38. The van der Waals surface area contributed by atoms with E-state index >= 15 is 0 Å². The number of hydrogen-bond acceptors (Lipinski definition) is 3. The van der Waals surface area contributed by atoms with E-state index in [-0.39, 0.29) is 11.5 Å². The van der Waals surface area contributed by atoms with Gasteiger partial charge in [0.05, 0.1) is 10.6 Å². The van der Waals surface area contributed by atoms with Crippen LogP contribution in [0.5, 0.6) is 0 Å². The smallest absolute Gasteiger partial charge is 0.193 e. The summed E-state index contributed by atoms with van der Waals surface area (Å²) in [4.78, 5) is 13.4. The molecule has 150 valence electrons. The molecule has 4 aromatic carbocycles. The minimum absolute atomic E-state index is 0.0130. The molecule has 0 atom stereocenters. The molecular formula is C27H18O3S. The average Bonchev–Trinajstić information content (AvgIpc) is 2.79. The number of carbonyl (C=O) groups excluding carboxylic acids is 1. The number of benzene rings is 4. The zero-order valence-electron chi connectivity index (χ0n) is 16.6. The van der Waals surface area contributed by atoms with Gasteiger partial charge in [-0.25, -0.2) is 8.42 Å². The lowest BCUT2D eigenvalue weighted by Crippen LogP contribution is -2.15. The summed E-state index contributed by atoms with van der Waals surface area (Å²) in [7, 11) is -3.42. The Morgan fingerprint density at radius 1 is 0.581 bits per heavy atom. The Kier molecular flexibility index (Phi) is 3.83. The zero-order valence-corrected chi connectivity index (χ0v) is 17.4. The van der Waals surface area contributed by atoms with Crippen molar-refractivity contribution in [3.05, 3.63) is 113 Å². The monoisotopic (exact) mass is 422 g/mol. The molecule has 0 saturated heterocycles. The van der Waals surface area contributed by atoms with Crippen LogP contribution in [0.2, 0.25) is 0 Å². The first-order chi connectivity index (χ1) is 15.0. The fourth-order valence-electron chi connectivity index (χ4n) is 4.74. The van der Waals surface area contributed by atoms with Crippen LogP contribution in [0.15, 0.2) is 89.8 Å². The molecule has 1 aliphatic heterocycles. The summed E-state index contributed by atoms with van der Waals surface area (Å²) >= 11 is 0. The van der Waals surface area contributed by atoms with Crippen molar-refractivity contribution >= 4 is 15.6 Å². The van der Waals surface area contributed by atoms with Gasteiger partial charge in [0.2, 0.25) is 0 Å². The van der Waals surface area contributed by atoms with Gasteiger partial charge in [-0.15, -0.1) is 0 Å². The molecule has 0 N–H and O–H groups in total. The first kappa shape index (κ1) is 18.3. The van der Waals surface area contributed by atoms with E-state index in [0.717, 1.165) is 50.9 Å². The Bertz CT molecular complexity index is 1510. The molecule has 0 radical (unpaired) electrons. The van der Waals surface area contributed by atoms with Crippen LogP contribution in [0, 0.1) is 0 Å². The molecule has 4 heteroatoms. The molecule has 2 aliphatic rings. The van der Waals surface area contributed by atoms with Crippen LogP contribution in [-0.2, 0) is 22.0 Å². The molecule has 0 unspecified atom stereocenters. The van der Waals surface area contributed by atoms with Crippen LogP contribution in [-0.4, -0.2) is 14.2 Å². The predicted molar refractivity (Wildman–Crippen MR) is 121 cm³/mol. The van der Waals surface area contributed by atoms with Gasteiger partial charge < -0.3 is 0 Å². The van der Waals surface area contributed by atoms with Crippen molar-refractivity contribution in [2.24, 2.45) is 0 Å². The molecule has 3 nitrogen and oxygen atoms in total. The van der Waals surface area contributed by atoms with Gasteiger partial charge in [0.15, 0.2) is 15.6 Å². The zero-order chi connectivity index (χ0) is 21.2. The van der Waals surface area contributed by atoms with Crippen molar-refractivity contribution < 1.29 is 13.2 Å². The molecule has 0 bridgehead atoms. The topological polar surface area (TPSA) is 51.2 Å². The number of rotatable bonds is 1. The predicted octanol–water partition coefficient (Wildman–Crippen LogP) is 5.44. The van der Waals surface area contributed by atoms with Crippen molar-refractivity contribution in [2.75, 3.05) is 0 Å². The lowest BCUT2D eigenvalue weighted by Gasteiger charge is -2.22. The van der Waals surface area contributed by atoms with E-state index in [1.807, 2.05) is 78.9 Å². The highest BCUT2D eigenvalue weighted by atomic mass is 32.2. The maximum atomic E-state index is 13.1. The van der Waals surface area contributed by atoms with E-state index in [1.165, 1.54) is 0 Å². The molecular weight excluding hydrogens is 404 g/mol. The van der Waals surface area contributed by atoms with Crippen LogP contribution in [0.1, 0.15) is 32.6 Å². The molecule has 31 heavy (non-hydrogen) atoms. The van der Waals surface area contributed by atoms with E-state index < -0.39 is 9.84 Å². The summed E-state index contributed by atoms with van der Waals surface area (Å²) in [6.07, 6.45) is 0.729. The Hall–Kier alpha value is -3.50. The van der Waals surface area contributed by atoms with E-state index in [0.29, 0.717) is 10.5 Å². The van der Waals surface area contributed by atoms with Gasteiger partial charge in [0, 0.05) is 16.7 Å². The summed E-state index contributed by atoms with van der Waals surface area (Å²) in [5.41, 5.74) is 7.70. The lowest BCUT2D eigenvalue weighted by atomic mass is 9.83. The van der Waals surface area contributed by atoms with Gasteiger partial charge >= 0.3 is 0 Å². The Morgan fingerprint density at radius 3 is 2.06 bits per heavy atom. The summed E-state index contributed by atoms with van der Waals surface area (Å²) < 4.78 is 26.0. The molecule has 1 heterocycles. The van der Waals surface area contributed by atoms with Crippen LogP contribution >= 0.6 is 0 Å². The quantitative estimate of drug-likeness (QED) is 0.361. The molecule has 0 fully saturated rings. The van der Waals surface area contributed by atoms with Gasteiger partial charge in [0.25, 0.3) is 0 Å². The third kappa shape index (κ3) is 2.79. The summed E-state index contributed by atoms with van der Waals surface area (Å²) in [5.74, 6) is 0.0391. The minimum Gasteiger partial charge on any atom is -0.289 e. The summed E-state index contributed by atoms with van der Waals surface area (Å²) in [6.45, 7) is 0. The first-order valence-corrected chi connectivity index (χ1v) is 11.9. The normalized spacial score (nSPS) is 15.4. The SMILES string of the molecule is O=C1c2ccccc2Cc2ccc(-c3ccc4c(c3)S(=O)(=O)Cc3ccccc3-4)cc21. The van der Waals surface area contributed by atoms with E-state index in [2.05, 4.69) is 0 Å². The van der Waals surface area contributed by atoms with Crippen molar-refractivity contribution in [1.82, 2.24) is 0 Å². The van der Waals surface area contributed by atoms with Crippen LogP contribution < -0.4 is 0 Å². The maximum absolute atomic E-state index is 13.1. The van der Waals surface area contributed by atoms with Crippen LogP contribution in [0.3, 0.4) is 0 Å². The van der Waals surface area contributed by atoms with E-state index in [1.54, 1.807) is 6.07 Å². The Morgan fingerprint density at radius 2 is 1.23 bits per heavy atom. The third-order valence-electron chi connectivity index (χ3n) is 6.30. The standard InChI is InChI=1S/C27H18O3S/c28-27-23-8-4-1-5-19(23)13-20-10-9-17(14-25(20)27)18-11-12-24-22-7-3-2-6-21(22)16-31(29,30)26(24)15-18/h1-12,14-15H,13,16H2. The number of ketones is 1. The third-order valence-corrected chi connectivity index (χ3v) is 8.00. The second-order valence-corrected chi connectivity index (χ2v) is 10.1. The summed E-state index contributed by atoms with van der Waals surface area (Å²) in [5, 5.41) is 0. The molecule has 0 amide bonds. The van der Waals surface area contributed by atoms with Crippen molar-refractivity contribution in [1.29, 1.82) is 0 Å². The molecule has 0 saturated carbocycles. The van der Waals surface area contributed by atoms with E-state index in [4.69, 9.17) is 0 Å². The number of hydrogen-bond donors (Lipinski definition) is 0. The van der Waals surface area contributed by atoms with Crippen molar-refractivity contribution in [3.8, 4) is 22.3 Å². The average molecular weight is 423 g/mol. The van der Waals surface area contributed by atoms with Gasteiger partial charge in [-0.3, -0.25) is 4.79 Å². The largest absolute Gasteiger partial charge is 0.289 e. The molecule has 4 aromatic rings. The van der Waals surface area contributed by atoms with Crippen LogP contribution in [0.25, 0.3) is 22.3 Å². The number of sulfone groups is 1. The second kappa shape index (κ2) is 6.50. The van der Waals surface area contributed by atoms with Gasteiger partial charge in [-0.05, 0) is 51.9 Å². The van der Waals surface area contributed by atoms with Crippen LogP contribution in [0.4, 0.5) is 0 Å². The van der Waals surface area contributed by atoms with Crippen molar-refractivity contribution in [3.63, 3.8) is 0 Å². The highest BCUT2D eigenvalue weighted by molar-refractivity contribution is 7.90. The second-order valence-electron chi connectivity index (χ2n) is 8.16. The Balaban J connectivity index is 1.48. The van der Waals surface area contributed by atoms with Gasteiger partial charge in [-0.1, -0.05) is 72.8 Å². The first-order valence-electron chi connectivity index (χ1n) is 10.2. The van der Waals surface area contributed by atoms with Gasteiger partial charge in [0.1, 0.15) is 0 Å². The number of carbonyl (C=O) groups is 1. The molecule has 0 spiro atoms. The van der Waals surface area contributed by atoms with E-state index in [9.17, 15) is 13.2 Å². The van der Waals surface area contributed by atoms with Crippen molar-refractivity contribution in [2.45, 2.75) is 17.1 Å². The van der Waals surface area contributed by atoms with Gasteiger partial charge in [-0.2, -0.15) is 0 Å². The maximum Gasteiger partial charge on any atom is 0.193 e. The summed E-state index contributed by atoms with van der Waals surface area (Å²) in [6, 6.07) is 26.8.